The molecule has 0 atom stereocenters. The second-order valence-corrected chi connectivity index (χ2v) is 9.32. The first-order chi connectivity index (χ1) is 15.8. The number of halogens is 4. The van der Waals surface area contributed by atoms with Crippen LogP contribution in [0.2, 0.25) is 0 Å². The molecule has 0 bridgehead atoms. The molecule has 0 aliphatic carbocycles. The smallest absolute Gasteiger partial charge is 0.367 e. The first-order valence-electron chi connectivity index (χ1n) is 10.9. The van der Waals surface area contributed by atoms with Gasteiger partial charge in [0.15, 0.2) is 0 Å². The molecule has 4 rings (SSSR count). The SMILES string of the molecule is Cc1cc(F)c(N2CCN(Cc3ccc(-c4ccccc4)cc3)CC2)cc1SCC(F)(F)F. The summed E-state index contributed by atoms with van der Waals surface area (Å²) < 4.78 is 52.5. The van der Waals surface area contributed by atoms with E-state index in [4.69, 9.17) is 0 Å². The minimum atomic E-state index is -4.25. The van der Waals surface area contributed by atoms with Crippen LogP contribution in [0.4, 0.5) is 23.2 Å². The van der Waals surface area contributed by atoms with Crippen molar-refractivity contribution in [1.82, 2.24) is 4.90 Å². The fourth-order valence-corrected chi connectivity index (χ4v) is 4.84. The second-order valence-electron chi connectivity index (χ2n) is 8.30. The predicted molar refractivity (Wildman–Crippen MR) is 127 cm³/mol. The predicted octanol–water partition coefficient (Wildman–Crippen LogP) is 6.78. The molecule has 7 heteroatoms. The highest BCUT2D eigenvalue weighted by Crippen LogP contribution is 2.34. The van der Waals surface area contributed by atoms with E-state index < -0.39 is 11.9 Å². The maximum Gasteiger partial charge on any atom is 0.398 e. The first-order valence-corrected chi connectivity index (χ1v) is 11.9. The average Bonchev–Trinajstić information content (AvgIpc) is 2.80. The first kappa shape index (κ1) is 23.6. The van der Waals surface area contributed by atoms with E-state index in [2.05, 4.69) is 41.3 Å². The Morgan fingerprint density at radius 1 is 0.848 bits per heavy atom. The highest BCUT2D eigenvalue weighted by molar-refractivity contribution is 7.99. The molecule has 1 aliphatic rings. The Hall–Kier alpha value is -2.51. The molecule has 3 aromatic rings. The van der Waals surface area contributed by atoms with Gasteiger partial charge in [-0.2, -0.15) is 13.2 Å². The third-order valence-corrected chi connectivity index (χ3v) is 7.04. The van der Waals surface area contributed by atoms with Crippen LogP contribution in [0.3, 0.4) is 0 Å². The van der Waals surface area contributed by atoms with Crippen molar-refractivity contribution in [3.05, 3.63) is 83.7 Å². The Bertz CT molecular complexity index is 1060. The molecule has 1 fully saturated rings. The lowest BCUT2D eigenvalue weighted by molar-refractivity contribution is -0.105. The third kappa shape index (κ3) is 6.30. The summed E-state index contributed by atoms with van der Waals surface area (Å²) in [7, 11) is 0. The highest BCUT2D eigenvalue weighted by atomic mass is 32.2. The van der Waals surface area contributed by atoms with Crippen LogP contribution in [0.25, 0.3) is 11.1 Å². The number of aryl methyl sites for hydroxylation is 1. The van der Waals surface area contributed by atoms with E-state index in [1.165, 1.54) is 22.8 Å². The van der Waals surface area contributed by atoms with Crippen molar-refractivity contribution in [2.24, 2.45) is 0 Å². The molecule has 0 saturated carbocycles. The minimum absolute atomic E-state index is 0.381. The summed E-state index contributed by atoms with van der Waals surface area (Å²) in [4.78, 5) is 4.73. The molecule has 0 radical (unpaired) electrons. The van der Waals surface area contributed by atoms with Gasteiger partial charge in [0.05, 0.1) is 11.4 Å². The second kappa shape index (κ2) is 10.2. The summed E-state index contributed by atoms with van der Waals surface area (Å²) in [6.07, 6.45) is -4.25. The topological polar surface area (TPSA) is 6.48 Å². The summed E-state index contributed by atoms with van der Waals surface area (Å²) in [6, 6.07) is 21.7. The normalized spacial score (nSPS) is 15.1. The van der Waals surface area contributed by atoms with Gasteiger partial charge < -0.3 is 4.90 Å². The summed E-state index contributed by atoms with van der Waals surface area (Å²) in [5.74, 6) is -1.36. The van der Waals surface area contributed by atoms with Gasteiger partial charge in [0, 0.05) is 37.6 Å². The van der Waals surface area contributed by atoms with E-state index in [0.29, 0.717) is 41.0 Å². The Labute approximate surface area is 196 Å². The molecule has 2 nitrogen and oxygen atoms in total. The standard InChI is InChI=1S/C26H26F4N2S/c1-19-15-23(27)24(16-25(19)33-18-26(28,29)30)32-13-11-31(12-14-32)17-20-7-9-22(10-8-20)21-5-3-2-4-6-21/h2-10,15-16H,11-14,17-18H2,1H3. The number of alkyl halides is 3. The zero-order valence-corrected chi connectivity index (χ0v) is 19.2. The van der Waals surface area contributed by atoms with E-state index >= 15 is 0 Å². The van der Waals surface area contributed by atoms with Gasteiger partial charge >= 0.3 is 6.18 Å². The summed E-state index contributed by atoms with van der Waals surface area (Å²) >= 11 is 0.714. The fraction of sp³-hybridized carbons (Fsp3) is 0.308. The van der Waals surface area contributed by atoms with Crippen molar-refractivity contribution in [3.63, 3.8) is 0 Å². The number of hydrogen-bond acceptors (Lipinski definition) is 3. The lowest BCUT2D eigenvalue weighted by Crippen LogP contribution is -2.46. The molecular formula is C26H26F4N2S. The lowest BCUT2D eigenvalue weighted by Gasteiger charge is -2.36. The van der Waals surface area contributed by atoms with E-state index in [-0.39, 0.29) is 5.82 Å². The summed E-state index contributed by atoms with van der Waals surface area (Å²) in [5.41, 5.74) is 4.50. The molecule has 1 aliphatic heterocycles. The molecule has 0 N–H and O–H groups in total. The van der Waals surface area contributed by atoms with Gasteiger partial charge in [-0.15, -0.1) is 11.8 Å². The number of anilines is 1. The van der Waals surface area contributed by atoms with Crippen LogP contribution < -0.4 is 4.90 Å². The van der Waals surface area contributed by atoms with Crippen LogP contribution in [0.1, 0.15) is 11.1 Å². The molecule has 3 aromatic carbocycles. The minimum Gasteiger partial charge on any atom is -0.367 e. The number of thioether (sulfide) groups is 1. The van der Waals surface area contributed by atoms with Gasteiger partial charge in [0.2, 0.25) is 0 Å². The number of hydrogen-bond donors (Lipinski definition) is 0. The molecular weight excluding hydrogens is 448 g/mol. The Balaban J connectivity index is 1.36. The van der Waals surface area contributed by atoms with Crippen molar-refractivity contribution < 1.29 is 17.6 Å². The molecule has 0 aromatic heterocycles. The number of piperazine rings is 1. The maximum absolute atomic E-state index is 14.6. The Kier molecular flexibility index (Phi) is 7.29. The average molecular weight is 475 g/mol. The zero-order chi connectivity index (χ0) is 23.4. The number of benzene rings is 3. The monoisotopic (exact) mass is 474 g/mol. The van der Waals surface area contributed by atoms with Crippen LogP contribution >= 0.6 is 11.8 Å². The van der Waals surface area contributed by atoms with Gasteiger partial charge in [0.1, 0.15) is 5.82 Å². The molecule has 1 heterocycles. The van der Waals surface area contributed by atoms with Crippen LogP contribution in [0.5, 0.6) is 0 Å². The van der Waals surface area contributed by atoms with E-state index in [1.54, 1.807) is 13.0 Å². The highest BCUT2D eigenvalue weighted by Gasteiger charge is 2.28. The van der Waals surface area contributed by atoms with Gasteiger partial charge in [-0.25, -0.2) is 4.39 Å². The fourth-order valence-electron chi connectivity index (χ4n) is 4.04. The van der Waals surface area contributed by atoms with Crippen LogP contribution in [-0.4, -0.2) is 43.0 Å². The van der Waals surface area contributed by atoms with E-state index in [1.807, 2.05) is 23.1 Å². The van der Waals surface area contributed by atoms with Crippen LogP contribution in [-0.2, 0) is 6.54 Å². The number of rotatable bonds is 6. The van der Waals surface area contributed by atoms with Gasteiger partial charge in [-0.1, -0.05) is 54.6 Å². The van der Waals surface area contributed by atoms with Gasteiger partial charge in [0.25, 0.3) is 0 Å². The van der Waals surface area contributed by atoms with Gasteiger partial charge in [-0.05, 0) is 41.3 Å². The molecule has 33 heavy (non-hydrogen) atoms. The van der Waals surface area contributed by atoms with Crippen LogP contribution in [0.15, 0.2) is 71.6 Å². The molecule has 0 spiro atoms. The summed E-state index contributed by atoms with van der Waals surface area (Å²) in [6.45, 7) is 5.24. The van der Waals surface area contributed by atoms with Crippen LogP contribution in [0, 0.1) is 12.7 Å². The quantitative estimate of drug-likeness (QED) is 0.287. The third-order valence-electron chi connectivity index (χ3n) is 5.82. The number of nitrogens with zero attached hydrogens (tertiary/aromatic N) is 2. The van der Waals surface area contributed by atoms with Crippen molar-refractivity contribution in [1.29, 1.82) is 0 Å². The molecule has 1 saturated heterocycles. The Morgan fingerprint density at radius 2 is 1.48 bits per heavy atom. The molecule has 0 unspecified atom stereocenters. The molecule has 174 valence electrons. The van der Waals surface area contributed by atoms with E-state index in [9.17, 15) is 17.6 Å². The van der Waals surface area contributed by atoms with Gasteiger partial charge in [-0.3, -0.25) is 4.90 Å². The maximum atomic E-state index is 14.6. The van der Waals surface area contributed by atoms with E-state index in [0.717, 1.165) is 19.6 Å². The van der Waals surface area contributed by atoms with Crippen molar-refractivity contribution in [2.75, 3.05) is 36.8 Å². The molecule has 0 amide bonds. The van der Waals surface area contributed by atoms with Crippen molar-refractivity contribution >= 4 is 17.4 Å². The summed E-state index contributed by atoms with van der Waals surface area (Å²) in [5, 5.41) is 0. The Morgan fingerprint density at radius 3 is 2.12 bits per heavy atom. The van der Waals surface area contributed by atoms with Crippen molar-refractivity contribution in [2.45, 2.75) is 24.5 Å². The largest absolute Gasteiger partial charge is 0.398 e. The van der Waals surface area contributed by atoms with Crippen molar-refractivity contribution in [3.8, 4) is 11.1 Å². The lowest BCUT2D eigenvalue weighted by atomic mass is 10.0. The zero-order valence-electron chi connectivity index (χ0n) is 18.4.